The van der Waals surface area contributed by atoms with Gasteiger partial charge < -0.3 is 15.0 Å². The summed E-state index contributed by atoms with van der Waals surface area (Å²) >= 11 is 0. The van der Waals surface area contributed by atoms with Crippen LogP contribution in [-0.2, 0) is 6.54 Å². The number of nitrogens with zero attached hydrogens (tertiary/aromatic N) is 2. The molecule has 5 heteroatoms. The fourth-order valence-electron chi connectivity index (χ4n) is 2.71. The molecule has 1 N–H and O–H groups in total. The minimum absolute atomic E-state index is 0.246. The van der Waals surface area contributed by atoms with Crippen LogP contribution in [0.4, 0.5) is 10.5 Å². The fraction of sp³-hybridized carbons (Fsp3) is 0.130. The van der Waals surface area contributed by atoms with Crippen LogP contribution in [-0.4, -0.2) is 18.0 Å². The number of hydrogen-bond donors (Lipinski definition) is 1. The molecule has 0 aromatic heterocycles. The Bertz CT molecular complexity index is 1010. The van der Waals surface area contributed by atoms with Crippen molar-refractivity contribution >= 4 is 11.7 Å². The van der Waals surface area contributed by atoms with Crippen LogP contribution in [0.1, 0.15) is 16.7 Å². The number of urea groups is 1. The second-order valence-corrected chi connectivity index (χ2v) is 6.51. The highest BCUT2D eigenvalue weighted by atomic mass is 16.5. The number of aryl methyl sites for hydroxylation is 1. The molecule has 5 nitrogen and oxygen atoms in total. The quantitative estimate of drug-likeness (QED) is 0.660. The van der Waals surface area contributed by atoms with E-state index in [1.807, 2.05) is 61.5 Å². The van der Waals surface area contributed by atoms with Crippen molar-refractivity contribution in [2.24, 2.45) is 0 Å². The Hall–Kier alpha value is -3.78. The van der Waals surface area contributed by atoms with Crippen LogP contribution in [0.25, 0.3) is 0 Å². The van der Waals surface area contributed by atoms with Gasteiger partial charge in [-0.3, -0.25) is 0 Å². The third kappa shape index (κ3) is 4.89. The predicted molar refractivity (Wildman–Crippen MR) is 109 cm³/mol. The van der Waals surface area contributed by atoms with Gasteiger partial charge >= 0.3 is 6.03 Å². The van der Waals surface area contributed by atoms with Crippen LogP contribution >= 0.6 is 0 Å². The topological polar surface area (TPSA) is 65.4 Å². The molecule has 28 heavy (non-hydrogen) atoms. The Morgan fingerprint density at radius 1 is 1.07 bits per heavy atom. The van der Waals surface area contributed by atoms with E-state index in [9.17, 15) is 4.79 Å². The van der Waals surface area contributed by atoms with Gasteiger partial charge in [0.2, 0.25) is 0 Å². The largest absolute Gasteiger partial charge is 0.455 e. The van der Waals surface area contributed by atoms with E-state index in [0.717, 1.165) is 11.1 Å². The second-order valence-electron chi connectivity index (χ2n) is 6.51. The Morgan fingerprint density at radius 2 is 1.82 bits per heavy atom. The van der Waals surface area contributed by atoms with Crippen LogP contribution in [0.2, 0.25) is 0 Å². The zero-order chi connectivity index (χ0) is 19.9. The summed E-state index contributed by atoms with van der Waals surface area (Å²) in [6, 6.07) is 24.1. The smallest absolute Gasteiger partial charge is 0.321 e. The standard InChI is InChI=1S/C23H21N3O2/c1-17-6-5-7-20(14-17)28-22-9-4-3-8-21(22)25-23(27)26(2)16-19-12-10-18(15-24)11-13-19/h3-14H,16H2,1-2H3,(H,25,27). The summed E-state index contributed by atoms with van der Waals surface area (Å²) in [7, 11) is 1.72. The van der Waals surface area contributed by atoms with Crippen LogP contribution in [0.3, 0.4) is 0 Å². The summed E-state index contributed by atoms with van der Waals surface area (Å²) < 4.78 is 5.95. The van der Waals surface area contributed by atoms with Crippen molar-refractivity contribution in [2.75, 3.05) is 12.4 Å². The van der Waals surface area contributed by atoms with E-state index in [2.05, 4.69) is 11.4 Å². The molecule has 0 unspecified atom stereocenters. The lowest BCUT2D eigenvalue weighted by Crippen LogP contribution is -2.30. The summed E-state index contributed by atoms with van der Waals surface area (Å²) in [4.78, 5) is 14.2. The van der Waals surface area contributed by atoms with Gasteiger partial charge in [0.25, 0.3) is 0 Å². The van der Waals surface area contributed by atoms with Gasteiger partial charge in [0, 0.05) is 13.6 Å². The van der Waals surface area contributed by atoms with Crippen molar-refractivity contribution in [1.29, 1.82) is 5.26 Å². The molecule has 0 radical (unpaired) electrons. The number of hydrogen-bond acceptors (Lipinski definition) is 3. The number of ether oxygens (including phenoxy) is 1. The third-order valence-corrected chi connectivity index (χ3v) is 4.20. The molecule has 0 spiro atoms. The molecule has 3 aromatic carbocycles. The van der Waals surface area contributed by atoms with E-state index in [0.29, 0.717) is 29.3 Å². The van der Waals surface area contributed by atoms with Crippen molar-refractivity contribution in [3.8, 4) is 17.6 Å². The van der Waals surface area contributed by atoms with Gasteiger partial charge in [-0.25, -0.2) is 4.79 Å². The number of benzene rings is 3. The average molecular weight is 371 g/mol. The molecule has 0 aliphatic carbocycles. The number of nitrogens with one attached hydrogen (secondary N) is 1. The fourth-order valence-corrected chi connectivity index (χ4v) is 2.71. The van der Waals surface area contributed by atoms with Gasteiger partial charge in [0.15, 0.2) is 5.75 Å². The highest BCUT2D eigenvalue weighted by Crippen LogP contribution is 2.29. The van der Waals surface area contributed by atoms with Gasteiger partial charge in [-0.2, -0.15) is 5.26 Å². The number of anilines is 1. The molecular weight excluding hydrogens is 350 g/mol. The molecule has 2 amide bonds. The monoisotopic (exact) mass is 371 g/mol. The van der Waals surface area contributed by atoms with Gasteiger partial charge in [0.1, 0.15) is 5.75 Å². The van der Waals surface area contributed by atoms with Crippen LogP contribution in [0.5, 0.6) is 11.5 Å². The van der Waals surface area contributed by atoms with Gasteiger partial charge in [-0.05, 0) is 54.4 Å². The maximum absolute atomic E-state index is 12.6. The minimum Gasteiger partial charge on any atom is -0.455 e. The minimum atomic E-state index is -0.246. The first-order valence-corrected chi connectivity index (χ1v) is 8.90. The molecule has 0 saturated carbocycles. The van der Waals surface area contributed by atoms with Crippen molar-refractivity contribution in [2.45, 2.75) is 13.5 Å². The summed E-state index contributed by atoms with van der Waals surface area (Å²) in [5.74, 6) is 1.29. The van der Waals surface area contributed by atoms with Gasteiger partial charge in [-0.15, -0.1) is 0 Å². The summed E-state index contributed by atoms with van der Waals surface area (Å²) in [6.45, 7) is 2.43. The molecule has 0 atom stereocenters. The SMILES string of the molecule is Cc1cccc(Oc2ccccc2NC(=O)N(C)Cc2ccc(C#N)cc2)c1. The lowest BCUT2D eigenvalue weighted by molar-refractivity contribution is 0.220. The van der Waals surface area contributed by atoms with E-state index >= 15 is 0 Å². The van der Waals surface area contributed by atoms with Crippen molar-refractivity contribution in [3.05, 3.63) is 89.5 Å². The maximum atomic E-state index is 12.6. The highest BCUT2D eigenvalue weighted by Gasteiger charge is 2.13. The highest BCUT2D eigenvalue weighted by molar-refractivity contribution is 5.90. The van der Waals surface area contributed by atoms with Crippen molar-refractivity contribution < 1.29 is 9.53 Å². The Kier molecular flexibility index (Phi) is 5.93. The van der Waals surface area contributed by atoms with Gasteiger partial charge in [-0.1, -0.05) is 36.4 Å². The van der Waals surface area contributed by atoms with Gasteiger partial charge in [0.05, 0.1) is 17.3 Å². The Labute approximate surface area is 164 Å². The molecule has 0 aliphatic heterocycles. The maximum Gasteiger partial charge on any atom is 0.321 e. The zero-order valence-corrected chi connectivity index (χ0v) is 15.8. The van der Waals surface area contributed by atoms with E-state index in [4.69, 9.17) is 10.00 Å². The molecule has 0 aliphatic rings. The van der Waals surface area contributed by atoms with E-state index in [-0.39, 0.29) is 6.03 Å². The average Bonchev–Trinajstić information content (AvgIpc) is 2.70. The summed E-state index contributed by atoms with van der Waals surface area (Å²) in [5.41, 5.74) is 3.24. The van der Waals surface area contributed by atoms with E-state index < -0.39 is 0 Å². The lowest BCUT2D eigenvalue weighted by Gasteiger charge is -2.19. The number of amides is 2. The molecule has 0 fully saturated rings. The first kappa shape index (κ1) is 19.0. The predicted octanol–water partition coefficient (Wildman–Crippen LogP) is 5.32. The second kappa shape index (κ2) is 8.74. The third-order valence-electron chi connectivity index (χ3n) is 4.20. The number of rotatable bonds is 5. The molecular formula is C23H21N3O2. The van der Waals surface area contributed by atoms with Crippen LogP contribution in [0.15, 0.2) is 72.8 Å². The van der Waals surface area contributed by atoms with Crippen LogP contribution in [0, 0.1) is 18.3 Å². The number of carbonyl (C=O) groups excluding carboxylic acids is 1. The van der Waals surface area contributed by atoms with Crippen LogP contribution < -0.4 is 10.1 Å². The van der Waals surface area contributed by atoms with Crippen molar-refractivity contribution in [3.63, 3.8) is 0 Å². The molecule has 0 bridgehead atoms. The zero-order valence-electron chi connectivity index (χ0n) is 15.8. The summed E-state index contributed by atoms with van der Waals surface area (Å²) in [5, 5.41) is 11.8. The first-order valence-electron chi connectivity index (χ1n) is 8.90. The molecule has 0 saturated heterocycles. The number of carbonyl (C=O) groups is 1. The molecule has 0 heterocycles. The Balaban J connectivity index is 1.68. The Morgan fingerprint density at radius 3 is 2.54 bits per heavy atom. The molecule has 3 rings (SSSR count). The number of para-hydroxylation sites is 2. The normalized spacial score (nSPS) is 10.0. The molecule has 3 aromatic rings. The van der Waals surface area contributed by atoms with E-state index in [1.165, 1.54) is 0 Å². The molecule has 140 valence electrons. The number of nitriles is 1. The lowest BCUT2D eigenvalue weighted by atomic mass is 10.1. The summed E-state index contributed by atoms with van der Waals surface area (Å²) in [6.07, 6.45) is 0. The first-order chi connectivity index (χ1) is 13.5. The van der Waals surface area contributed by atoms with Crippen molar-refractivity contribution in [1.82, 2.24) is 4.90 Å². The van der Waals surface area contributed by atoms with E-state index in [1.54, 1.807) is 30.1 Å².